The minimum atomic E-state index is -0.324. The number of terminal acetylenes is 1. The van der Waals surface area contributed by atoms with E-state index < -0.39 is 0 Å². The zero-order valence-electron chi connectivity index (χ0n) is 13.2. The Labute approximate surface area is 136 Å². The van der Waals surface area contributed by atoms with Crippen LogP contribution in [0.1, 0.15) is 17.3 Å². The van der Waals surface area contributed by atoms with Crippen LogP contribution in [-0.4, -0.2) is 61.2 Å². The summed E-state index contributed by atoms with van der Waals surface area (Å²) < 4.78 is 10.2. The molecule has 0 N–H and O–H groups in total. The van der Waals surface area contributed by atoms with Gasteiger partial charge in [-0.2, -0.15) is 0 Å². The van der Waals surface area contributed by atoms with Crippen molar-refractivity contribution in [2.45, 2.75) is 6.92 Å². The summed E-state index contributed by atoms with van der Waals surface area (Å²) in [5.41, 5.74) is 0.586. The summed E-state index contributed by atoms with van der Waals surface area (Å²) in [7, 11) is 0. The predicted molar refractivity (Wildman–Crippen MR) is 85.3 cm³/mol. The van der Waals surface area contributed by atoms with Crippen LogP contribution in [0.2, 0.25) is 0 Å². The molecule has 2 amide bonds. The molecule has 0 bridgehead atoms. The van der Waals surface area contributed by atoms with Gasteiger partial charge in [-0.3, -0.25) is 4.79 Å². The van der Waals surface area contributed by atoms with Crippen molar-refractivity contribution in [1.29, 1.82) is 0 Å². The van der Waals surface area contributed by atoms with E-state index in [4.69, 9.17) is 15.9 Å². The number of benzene rings is 1. The van der Waals surface area contributed by atoms with Crippen LogP contribution >= 0.6 is 0 Å². The van der Waals surface area contributed by atoms with Gasteiger partial charge in [0.25, 0.3) is 5.91 Å². The molecule has 1 aliphatic rings. The molecule has 0 unspecified atom stereocenters. The van der Waals surface area contributed by atoms with Crippen molar-refractivity contribution in [2.24, 2.45) is 0 Å². The topological polar surface area (TPSA) is 59.1 Å². The molecule has 1 aromatic carbocycles. The molecule has 6 nitrogen and oxygen atoms in total. The number of hydrogen-bond donors (Lipinski definition) is 0. The van der Waals surface area contributed by atoms with Crippen LogP contribution in [0.15, 0.2) is 24.3 Å². The number of piperazine rings is 1. The molecular weight excluding hydrogens is 296 g/mol. The van der Waals surface area contributed by atoms with E-state index in [1.165, 1.54) is 0 Å². The van der Waals surface area contributed by atoms with Crippen LogP contribution < -0.4 is 4.74 Å². The second-order valence-corrected chi connectivity index (χ2v) is 5.00. The van der Waals surface area contributed by atoms with Crippen LogP contribution in [0.25, 0.3) is 0 Å². The third-order valence-electron chi connectivity index (χ3n) is 3.52. The number of carbonyl (C=O) groups excluding carboxylic acids is 2. The number of amides is 2. The van der Waals surface area contributed by atoms with E-state index in [1.54, 1.807) is 41.0 Å². The molecule has 23 heavy (non-hydrogen) atoms. The summed E-state index contributed by atoms with van der Waals surface area (Å²) in [5, 5.41) is 0. The summed E-state index contributed by atoms with van der Waals surface area (Å²) in [6.45, 7) is 4.27. The van der Waals surface area contributed by atoms with Crippen molar-refractivity contribution in [3.05, 3.63) is 29.8 Å². The van der Waals surface area contributed by atoms with E-state index in [0.29, 0.717) is 44.1 Å². The average Bonchev–Trinajstić information content (AvgIpc) is 2.60. The van der Waals surface area contributed by atoms with E-state index in [-0.39, 0.29) is 18.6 Å². The second kappa shape index (κ2) is 8.08. The van der Waals surface area contributed by atoms with E-state index in [2.05, 4.69) is 5.92 Å². The quantitative estimate of drug-likeness (QED) is 0.792. The Kier molecular flexibility index (Phi) is 5.87. The molecule has 1 saturated heterocycles. The maximum Gasteiger partial charge on any atom is 0.409 e. The van der Waals surface area contributed by atoms with E-state index in [9.17, 15) is 9.59 Å². The number of ether oxygens (including phenoxy) is 2. The number of carbonyl (C=O) groups is 2. The fourth-order valence-electron chi connectivity index (χ4n) is 2.31. The highest BCUT2D eigenvalue weighted by atomic mass is 16.6. The second-order valence-electron chi connectivity index (χ2n) is 5.00. The van der Waals surface area contributed by atoms with Crippen molar-refractivity contribution < 1.29 is 19.1 Å². The SMILES string of the molecule is C#CCOc1ccc(C(=O)N2CCN(C(=O)OCC)CC2)cc1. The minimum absolute atomic E-state index is 0.0583. The molecular formula is C17H20N2O4. The van der Waals surface area contributed by atoms with E-state index in [0.717, 1.165) is 0 Å². The Bertz CT molecular complexity index is 584. The van der Waals surface area contributed by atoms with Crippen LogP contribution in [-0.2, 0) is 4.74 Å². The molecule has 0 saturated carbocycles. The van der Waals surface area contributed by atoms with Gasteiger partial charge in [0.15, 0.2) is 0 Å². The zero-order chi connectivity index (χ0) is 16.7. The summed E-state index contributed by atoms with van der Waals surface area (Å²) in [4.78, 5) is 27.4. The molecule has 1 heterocycles. The highest BCUT2D eigenvalue weighted by Crippen LogP contribution is 2.15. The fourth-order valence-corrected chi connectivity index (χ4v) is 2.31. The zero-order valence-corrected chi connectivity index (χ0v) is 13.2. The lowest BCUT2D eigenvalue weighted by Crippen LogP contribution is -2.50. The van der Waals surface area contributed by atoms with Gasteiger partial charge in [-0.1, -0.05) is 5.92 Å². The molecule has 0 spiro atoms. The summed E-state index contributed by atoms with van der Waals surface area (Å²) in [5.74, 6) is 2.96. The number of nitrogens with zero attached hydrogens (tertiary/aromatic N) is 2. The third-order valence-corrected chi connectivity index (χ3v) is 3.52. The maximum atomic E-state index is 12.4. The van der Waals surface area contributed by atoms with Crippen LogP contribution in [0.3, 0.4) is 0 Å². The summed E-state index contributed by atoms with van der Waals surface area (Å²) in [6.07, 6.45) is 4.81. The Hall–Kier alpha value is -2.68. The Balaban J connectivity index is 1.89. The van der Waals surface area contributed by atoms with Gasteiger partial charge < -0.3 is 19.3 Å². The lowest BCUT2D eigenvalue weighted by atomic mass is 10.1. The first-order valence-corrected chi connectivity index (χ1v) is 7.53. The third kappa shape index (κ3) is 4.39. The Morgan fingerprint density at radius 1 is 1.13 bits per heavy atom. The average molecular weight is 316 g/mol. The molecule has 1 aliphatic heterocycles. The van der Waals surface area contributed by atoms with Gasteiger partial charge in [0.05, 0.1) is 6.61 Å². The lowest BCUT2D eigenvalue weighted by molar-refractivity contribution is 0.0570. The molecule has 6 heteroatoms. The van der Waals surface area contributed by atoms with Crippen molar-refractivity contribution in [2.75, 3.05) is 39.4 Å². The molecule has 1 fully saturated rings. The van der Waals surface area contributed by atoms with E-state index >= 15 is 0 Å². The van der Waals surface area contributed by atoms with Gasteiger partial charge >= 0.3 is 6.09 Å². The fraction of sp³-hybridized carbons (Fsp3) is 0.412. The van der Waals surface area contributed by atoms with Crippen molar-refractivity contribution >= 4 is 12.0 Å². The minimum Gasteiger partial charge on any atom is -0.481 e. The molecule has 0 atom stereocenters. The normalized spacial score (nSPS) is 14.1. The largest absolute Gasteiger partial charge is 0.481 e. The highest BCUT2D eigenvalue weighted by molar-refractivity contribution is 5.94. The molecule has 0 aromatic heterocycles. The van der Waals surface area contributed by atoms with Crippen LogP contribution in [0, 0.1) is 12.3 Å². The Morgan fingerprint density at radius 3 is 2.30 bits per heavy atom. The predicted octanol–water partition coefficient (Wildman–Crippen LogP) is 1.61. The first kappa shape index (κ1) is 16.7. The lowest BCUT2D eigenvalue weighted by Gasteiger charge is -2.34. The smallest absolute Gasteiger partial charge is 0.409 e. The molecule has 0 radical (unpaired) electrons. The molecule has 1 aromatic rings. The van der Waals surface area contributed by atoms with E-state index in [1.807, 2.05) is 0 Å². The number of hydrogen-bond acceptors (Lipinski definition) is 4. The number of rotatable bonds is 4. The van der Waals surface area contributed by atoms with Gasteiger partial charge in [0.1, 0.15) is 12.4 Å². The van der Waals surface area contributed by atoms with Crippen LogP contribution in [0.5, 0.6) is 5.75 Å². The maximum absolute atomic E-state index is 12.4. The molecule has 0 aliphatic carbocycles. The standard InChI is InChI=1S/C17H20N2O4/c1-3-13-23-15-7-5-14(6-8-15)16(20)18-9-11-19(12-10-18)17(21)22-4-2/h1,5-8H,4,9-13H2,2H3. The van der Waals surface area contributed by atoms with Crippen molar-refractivity contribution in [3.63, 3.8) is 0 Å². The first-order valence-electron chi connectivity index (χ1n) is 7.53. The van der Waals surface area contributed by atoms with Crippen molar-refractivity contribution in [3.8, 4) is 18.1 Å². The monoisotopic (exact) mass is 316 g/mol. The molecule has 2 rings (SSSR count). The van der Waals surface area contributed by atoms with Gasteiger partial charge in [0.2, 0.25) is 0 Å². The van der Waals surface area contributed by atoms with Gasteiger partial charge in [-0.05, 0) is 31.2 Å². The van der Waals surface area contributed by atoms with Gasteiger partial charge in [-0.25, -0.2) is 4.79 Å². The summed E-state index contributed by atoms with van der Waals surface area (Å²) >= 11 is 0. The summed E-state index contributed by atoms with van der Waals surface area (Å²) in [6, 6.07) is 6.87. The first-order chi connectivity index (χ1) is 11.2. The Morgan fingerprint density at radius 2 is 1.74 bits per heavy atom. The van der Waals surface area contributed by atoms with Crippen LogP contribution in [0.4, 0.5) is 4.79 Å². The molecule has 122 valence electrons. The van der Waals surface area contributed by atoms with Gasteiger partial charge in [0, 0.05) is 31.7 Å². The highest BCUT2D eigenvalue weighted by Gasteiger charge is 2.25. The van der Waals surface area contributed by atoms with Crippen molar-refractivity contribution in [1.82, 2.24) is 9.80 Å². The van der Waals surface area contributed by atoms with Gasteiger partial charge in [-0.15, -0.1) is 6.42 Å².